The van der Waals surface area contributed by atoms with Gasteiger partial charge in [-0.2, -0.15) is 74.6 Å². The van der Waals surface area contributed by atoms with E-state index >= 15 is 0 Å². The van der Waals surface area contributed by atoms with Gasteiger partial charge in [0, 0.05) is 0 Å². The highest BCUT2D eigenvalue weighted by Gasteiger charge is 2.95. The number of hydrogen-bond donors (Lipinski definition) is 0. The first-order valence-corrected chi connectivity index (χ1v) is 8.59. The average molecular weight is 674 g/mol. The van der Waals surface area contributed by atoms with Crippen molar-refractivity contribution in [2.45, 2.75) is 70.3 Å². The minimum Gasteiger partial charge on any atom is -0.241 e. The number of rotatable bonds is 10. The standard InChI is InChI=1S/C12H4F21I/c13-1(2(14)4(16)34)3(15)5(17,18)6(19,20)7(21,22)8(23,24)9(25,26)10(27,28)11(29,30)12(31,32)33/h1-4H. The number of alkyl halides is 22. The van der Waals surface area contributed by atoms with Crippen molar-refractivity contribution in [3.63, 3.8) is 0 Å². The summed E-state index contributed by atoms with van der Waals surface area (Å²) in [7, 11) is 0. The molecule has 206 valence electrons. The maximum atomic E-state index is 13.4. The van der Waals surface area contributed by atoms with Crippen molar-refractivity contribution >= 4 is 22.6 Å². The summed E-state index contributed by atoms with van der Waals surface area (Å²) in [5.74, 6) is -60.3. The third-order valence-electron chi connectivity index (χ3n) is 3.92. The highest BCUT2D eigenvalue weighted by molar-refractivity contribution is 14.1. The van der Waals surface area contributed by atoms with Gasteiger partial charge >= 0.3 is 47.6 Å². The third-order valence-corrected chi connectivity index (χ3v) is 4.60. The van der Waals surface area contributed by atoms with Gasteiger partial charge in [-0.1, -0.05) is 0 Å². The van der Waals surface area contributed by atoms with Crippen LogP contribution in [-0.2, 0) is 0 Å². The van der Waals surface area contributed by atoms with Crippen LogP contribution in [0.15, 0.2) is 0 Å². The van der Waals surface area contributed by atoms with E-state index in [2.05, 4.69) is 0 Å². The van der Waals surface area contributed by atoms with E-state index in [4.69, 9.17) is 0 Å². The Balaban J connectivity index is 6.77. The zero-order chi connectivity index (χ0) is 28.3. The monoisotopic (exact) mass is 674 g/mol. The van der Waals surface area contributed by atoms with E-state index in [0.717, 1.165) is 0 Å². The van der Waals surface area contributed by atoms with E-state index < -0.39 is 70.3 Å². The topological polar surface area (TPSA) is 0 Å². The summed E-state index contributed by atoms with van der Waals surface area (Å²) in [6.45, 7) is 0. The molecule has 0 aromatic rings. The molecule has 22 heteroatoms. The van der Waals surface area contributed by atoms with Gasteiger partial charge in [0.25, 0.3) is 0 Å². The van der Waals surface area contributed by atoms with Crippen molar-refractivity contribution in [3.05, 3.63) is 0 Å². The third kappa shape index (κ3) is 4.44. The van der Waals surface area contributed by atoms with Gasteiger partial charge in [0.15, 0.2) is 16.5 Å². The smallest absolute Gasteiger partial charge is 0.241 e. The molecule has 0 heterocycles. The lowest BCUT2D eigenvalue weighted by Gasteiger charge is -2.43. The minimum atomic E-state index is -8.99. The van der Waals surface area contributed by atoms with E-state index in [1.54, 1.807) is 0 Å². The first-order chi connectivity index (χ1) is 14.4. The van der Waals surface area contributed by atoms with Crippen LogP contribution in [0, 0.1) is 0 Å². The molecule has 4 atom stereocenters. The summed E-state index contributed by atoms with van der Waals surface area (Å²) < 4.78 is 269. The molecule has 0 aliphatic heterocycles. The molecule has 0 bridgehead atoms. The highest BCUT2D eigenvalue weighted by Crippen LogP contribution is 2.64. The Bertz CT molecular complexity index is 707. The summed E-state index contributed by atoms with van der Waals surface area (Å²) in [6.07, 6.45) is -22.9. The van der Waals surface area contributed by atoms with Crippen LogP contribution >= 0.6 is 22.6 Å². The van der Waals surface area contributed by atoms with E-state index in [0.29, 0.717) is 0 Å². The summed E-state index contributed by atoms with van der Waals surface area (Å²) in [6, 6.07) is 0. The van der Waals surface area contributed by atoms with E-state index in [1.807, 2.05) is 0 Å². The van der Waals surface area contributed by atoms with E-state index in [9.17, 15) is 92.2 Å². The molecular formula is C12H4F21I. The molecular weight excluding hydrogens is 670 g/mol. The molecule has 0 aromatic heterocycles. The molecule has 0 amide bonds. The first kappa shape index (κ1) is 33.3. The van der Waals surface area contributed by atoms with E-state index in [1.165, 1.54) is 0 Å². The van der Waals surface area contributed by atoms with Crippen molar-refractivity contribution in [2.24, 2.45) is 0 Å². The minimum absolute atomic E-state index is 0.134. The van der Waals surface area contributed by atoms with Gasteiger partial charge in [-0.05, 0) is 22.6 Å². The first-order valence-electron chi connectivity index (χ1n) is 7.34. The van der Waals surface area contributed by atoms with Crippen molar-refractivity contribution in [3.8, 4) is 0 Å². The van der Waals surface area contributed by atoms with Crippen LogP contribution < -0.4 is 0 Å². The second-order valence-corrected chi connectivity index (χ2v) is 7.38. The van der Waals surface area contributed by atoms with Crippen LogP contribution in [0.4, 0.5) is 92.2 Å². The Morgan fingerprint density at radius 1 is 0.382 bits per heavy atom. The number of halogens is 22. The van der Waals surface area contributed by atoms with Crippen molar-refractivity contribution in [1.82, 2.24) is 0 Å². The normalized spacial score (nSPS) is 19.6. The van der Waals surface area contributed by atoms with Crippen molar-refractivity contribution in [1.29, 1.82) is 0 Å². The molecule has 0 spiro atoms. The summed E-state index contributed by atoms with van der Waals surface area (Å²) >= 11 is 0.134. The molecule has 0 aliphatic carbocycles. The predicted molar refractivity (Wildman–Crippen MR) is 74.3 cm³/mol. The quantitative estimate of drug-likeness (QED) is 0.127. The Labute approximate surface area is 185 Å². The van der Waals surface area contributed by atoms with Crippen LogP contribution in [-0.4, -0.2) is 70.3 Å². The van der Waals surface area contributed by atoms with Gasteiger partial charge in [-0.15, -0.1) is 0 Å². The largest absolute Gasteiger partial charge is 0.460 e. The summed E-state index contributed by atoms with van der Waals surface area (Å²) in [5.41, 5.74) is 0. The number of hydrogen-bond acceptors (Lipinski definition) is 0. The van der Waals surface area contributed by atoms with Crippen LogP contribution in [0.25, 0.3) is 0 Å². The second kappa shape index (κ2) is 8.98. The van der Waals surface area contributed by atoms with Gasteiger partial charge in [-0.25, -0.2) is 17.6 Å². The molecule has 0 nitrogen and oxygen atoms in total. The fourth-order valence-electron chi connectivity index (χ4n) is 1.85. The van der Waals surface area contributed by atoms with Gasteiger partial charge in [0.1, 0.15) is 0 Å². The molecule has 0 saturated heterocycles. The van der Waals surface area contributed by atoms with Gasteiger partial charge in [0.2, 0.25) is 6.17 Å². The predicted octanol–water partition coefficient (Wildman–Crippen LogP) is 7.74. The molecule has 0 aliphatic rings. The van der Waals surface area contributed by atoms with E-state index in [-0.39, 0.29) is 22.6 Å². The molecule has 0 saturated carbocycles. The Kier molecular flexibility index (Phi) is 8.78. The fourth-order valence-corrected chi connectivity index (χ4v) is 2.25. The van der Waals surface area contributed by atoms with Crippen LogP contribution in [0.2, 0.25) is 0 Å². The zero-order valence-corrected chi connectivity index (χ0v) is 16.8. The Morgan fingerprint density at radius 3 is 0.912 bits per heavy atom. The van der Waals surface area contributed by atoms with Crippen molar-refractivity contribution in [2.75, 3.05) is 0 Å². The lowest BCUT2D eigenvalue weighted by atomic mass is 9.87. The molecule has 0 aromatic carbocycles. The maximum Gasteiger partial charge on any atom is 0.460 e. The molecule has 0 radical (unpaired) electrons. The Morgan fingerprint density at radius 2 is 0.647 bits per heavy atom. The fraction of sp³-hybridized carbons (Fsp3) is 1.00. The van der Waals surface area contributed by atoms with Gasteiger partial charge in [-0.3, -0.25) is 0 Å². The molecule has 34 heavy (non-hydrogen) atoms. The molecule has 0 N–H and O–H groups in total. The second-order valence-electron chi connectivity index (χ2n) is 6.19. The maximum absolute atomic E-state index is 13.4. The highest BCUT2D eigenvalue weighted by atomic mass is 127. The summed E-state index contributed by atoms with van der Waals surface area (Å²) in [5, 5.41) is 0. The lowest BCUT2D eigenvalue weighted by Crippen LogP contribution is -2.75. The molecule has 0 fully saturated rings. The van der Waals surface area contributed by atoms with Crippen LogP contribution in [0.3, 0.4) is 0 Å². The van der Waals surface area contributed by atoms with Crippen LogP contribution in [0.1, 0.15) is 0 Å². The lowest BCUT2D eigenvalue weighted by molar-refractivity contribution is -0.463. The average Bonchev–Trinajstić information content (AvgIpc) is 2.63. The van der Waals surface area contributed by atoms with Gasteiger partial charge in [0.05, 0.1) is 0 Å². The SMILES string of the molecule is FC(I)C(F)C(F)C(F)C(F)(F)C(F)(F)C(F)(F)C(F)(F)C(F)(F)C(F)(F)C(F)(F)C(F)(F)F. The van der Waals surface area contributed by atoms with Crippen molar-refractivity contribution < 1.29 is 92.2 Å². The van der Waals surface area contributed by atoms with Gasteiger partial charge < -0.3 is 0 Å². The molecule has 0 rings (SSSR count). The van der Waals surface area contributed by atoms with Crippen LogP contribution in [0.5, 0.6) is 0 Å². The molecule has 4 unspecified atom stereocenters. The zero-order valence-electron chi connectivity index (χ0n) is 14.6. The Hall–Kier alpha value is -0.740. The summed E-state index contributed by atoms with van der Waals surface area (Å²) in [4.78, 5) is 0.